The first kappa shape index (κ1) is 26.9. The molecule has 6 nitrogen and oxygen atoms in total. The van der Waals surface area contributed by atoms with Crippen LogP contribution in [0.2, 0.25) is 6.32 Å². The van der Waals surface area contributed by atoms with Gasteiger partial charge >= 0.3 is 7.12 Å². The van der Waals surface area contributed by atoms with E-state index in [1.54, 1.807) is 11.3 Å². The van der Waals surface area contributed by atoms with E-state index in [-0.39, 0.29) is 29.8 Å². The number of benzene rings is 1. The predicted octanol–water partition coefficient (Wildman–Crippen LogP) is 5.66. The van der Waals surface area contributed by atoms with Crippen molar-refractivity contribution in [2.75, 3.05) is 0 Å². The van der Waals surface area contributed by atoms with E-state index in [1.807, 2.05) is 43.5 Å². The fourth-order valence-corrected chi connectivity index (χ4v) is 7.37. The lowest BCUT2D eigenvalue weighted by atomic mass is 9.59. The average molecular weight is 533 g/mol. The van der Waals surface area contributed by atoms with Gasteiger partial charge < -0.3 is 14.8 Å². The maximum atomic E-state index is 13.6. The van der Waals surface area contributed by atoms with Crippen molar-refractivity contribution in [1.29, 1.82) is 0 Å². The number of aromatic hydroxyl groups is 1. The molecule has 2 amide bonds. The molecule has 2 N–H and O–H groups in total. The van der Waals surface area contributed by atoms with Gasteiger partial charge in [0.25, 0.3) is 0 Å². The maximum absolute atomic E-state index is 13.6. The Morgan fingerprint density at radius 3 is 2.58 bits per heavy atom. The van der Waals surface area contributed by atoms with E-state index in [0.29, 0.717) is 31.5 Å². The van der Waals surface area contributed by atoms with E-state index < -0.39 is 13.0 Å². The summed E-state index contributed by atoms with van der Waals surface area (Å²) in [5, 5.41) is 22.8. The smallest absolute Gasteiger partial charge is 0.455 e. The Labute approximate surface area is 229 Å². The van der Waals surface area contributed by atoms with Crippen LogP contribution >= 0.6 is 11.3 Å². The van der Waals surface area contributed by atoms with Crippen molar-refractivity contribution in [2.45, 2.75) is 72.3 Å². The number of phenols is 1. The molecule has 1 aromatic heterocycles. The van der Waals surface area contributed by atoms with Gasteiger partial charge in [-0.05, 0) is 105 Å². The molecule has 8 heteroatoms. The summed E-state index contributed by atoms with van der Waals surface area (Å²) in [5.74, 6) is -0.810. The molecule has 3 aliphatic rings. The number of thiophene rings is 1. The third-order valence-electron chi connectivity index (χ3n) is 8.50. The van der Waals surface area contributed by atoms with Crippen molar-refractivity contribution in [2.24, 2.45) is 17.8 Å². The number of likely N-dealkylation sites (tertiary alicyclic amines) is 1. The lowest BCUT2D eigenvalue weighted by Gasteiger charge is -2.42. The van der Waals surface area contributed by atoms with Crippen molar-refractivity contribution >= 4 is 36.3 Å². The van der Waals surface area contributed by atoms with Gasteiger partial charge in [0.1, 0.15) is 5.75 Å². The molecule has 1 aliphatic carbocycles. The monoisotopic (exact) mass is 533 g/mol. The van der Waals surface area contributed by atoms with E-state index in [1.165, 1.54) is 10.5 Å². The zero-order valence-electron chi connectivity index (χ0n) is 22.6. The first-order valence-corrected chi connectivity index (χ1v) is 14.5. The number of aryl methyl sites for hydroxylation is 2. The molecule has 0 saturated carbocycles. The van der Waals surface area contributed by atoms with Crippen LogP contribution in [0.3, 0.4) is 0 Å². The van der Waals surface area contributed by atoms with Crippen molar-refractivity contribution in [3.8, 4) is 5.75 Å². The van der Waals surface area contributed by atoms with Crippen molar-refractivity contribution in [3.63, 3.8) is 0 Å². The van der Waals surface area contributed by atoms with Crippen LogP contribution in [-0.2, 0) is 20.8 Å². The van der Waals surface area contributed by atoms with Crippen LogP contribution in [-0.4, -0.2) is 40.1 Å². The van der Waals surface area contributed by atoms with Gasteiger partial charge in [-0.15, -0.1) is 11.3 Å². The highest BCUT2D eigenvalue weighted by molar-refractivity contribution is 7.09. The number of carbonyl (C=O) groups is 2. The maximum Gasteiger partial charge on any atom is 0.455 e. The van der Waals surface area contributed by atoms with Crippen LogP contribution in [0.1, 0.15) is 61.1 Å². The van der Waals surface area contributed by atoms with Crippen molar-refractivity contribution in [3.05, 3.63) is 67.9 Å². The van der Waals surface area contributed by atoms with Crippen LogP contribution in [0, 0.1) is 31.6 Å². The second-order valence-electron chi connectivity index (χ2n) is 11.0. The number of rotatable bonds is 7. The normalized spacial score (nSPS) is 25.8. The zero-order valence-corrected chi connectivity index (χ0v) is 23.4. The minimum absolute atomic E-state index is 0.0833. The number of hydrogen-bond acceptors (Lipinski definition) is 6. The Hall–Kier alpha value is -2.68. The molecule has 38 heavy (non-hydrogen) atoms. The SMILES string of the molecule is CC/C(=C\c1cc(C)c(O)c(C)c1)CC[C@H]1OB(O)C[C@H]2C1=C(C)C[C@H]1C(=O)N(Cc3cccs3)C(=O)[C@H]12. The Morgan fingerprint density at radius 2 is 1.92 bits per heavy atom. The average Bonchev–Trinajstić information content (AvgIpc) is 3.47. The van der Waals surface area contributed by atoms with E-state index >= 15 is 0 Å². The van der Waals surface area contributed by atoms with Crippen molar-refractivity contribution in [1.82, 2.24) is 4.90 Å². The van der Waals surface area contributed by atoms with Gasteiger partial charge in [-0.3, -0.25) is 14.5 Å². The third kappa shape index (κ3) is 5.02. The van der Waals surface area contributed by atoms with E-state index in [0.717, 1.165) is 45.6 Å². The molecular weight excluding hydrogens is 497 g/mol. The standard InChI is InChI=1S/C30H36BNO5S/c1-5-20(14-21-11-18(3)28(33)19(4)12-21)8-9-25-26-17(2)13-23-27(24(26)15-31(36)37-25)30(35)32(29(23)34)16-22-7-6-10-38-22/h6-7,10-12,14,23-25,27,33,36H,5,8-9,13,15-16H2,1-4H3/b20-14+/t23-,24+,25-,27-/m1/s1. The summed E-state index contributed by atoms with van der Waals surface area (Å²) in [6, 6.07) is 7.88. The first-order valence-electron chi connectivity index (χ1n) is 13.6. The summed E-state index contributed by atoms with van der Waals surface area (Å²) < 4.78 is 6.08. The Morgan fingerprint density at radius 1 is 1.18 bits per heavy atom. The van der Waals surface area contributed by atoms with Gasteiger partial charge in [0.15, 0.2) is 0 Å². The quantitative estimate of drug-likeness (QED) is 0.273. The van der Waals surface area contributed by atoms with Crippen molar-refractivity contribution < 1.29 is 24.4 Å². The summed E-state index contributed by atoms with van der Waals surface area (Å²) in [4.78, 5) is 29.3. The Balaban J connectivity index is 1.36. The van der Waals surface area contributed by atoms with Gasteiger partial charge in [0, 0.05) is 4.88 Å². The summed E-state index contributed by atoms with van der Waals surface area (Å²) in [7, 11) is -0.953. The van der Waals surface area contributed by atoms with Crippen LogP contribution in [0.15, 0.2) is 46.4 Å². The Bertz CT molecular complexity index is 1280. The minimum Gasteiger partial charge on any atom is -0.507 e. The largest absolute Gasteiger partial charge is 0.507 e. The van der Waals surface area contributed by atoms with Gasteiger partial charge in [-0.25, -0.2) is 0 Å². The summed E-state index contributed by atoms with van der Waals surface area (Å²) >= 11 is 1.55. The number of fused-ring (bicyclic) bond motifs is 3. The highest BCUT2D eigenvalue weighted by atomic mass is 32.1. The molecular formula is C30H36BNO5S. The number of imide groups is 1. The number of hydrogen-bond donors (Lipinski definition) is 2. The van der Waals surface area contributed by atoms with Crippen LogP contribution in [0.4, 0.5) is 0 Å². The summed E-state index contributed by atoms with van der Waals surface area (Å²) in [5.41, 5.74) is 6.27. The molecule has 5 rings (SSSR count). The molecule has 200 valence electrons. The number of amides is 2. The molecule has 0 spiro atoms. The van der Waals surface area contributed by atoms with Gasteiger partial charge in [-0.1, -0.05) is 30.2 Å². The topological polar surface area (TPSA) is 87.1 Å². The number of carbonyl (C=O) groups excluding carboxylic acids is 2. The number of phenolic OH excluding ortho intramolecular Hbond substituents is 1. The second kappa shape index (κ2) is 10.8. The molecule has 2 aromatic rings. The zero-order chi connectivity index (χ0) is 27.1. The van der Waals surface area contributed by atoms with E-state index in [9.17, 15) is 19.7 Å². The van der Waals surface area contributed by atoms with E-state index in [2.05, 4.69) is 19.9 Å². The minimum atomic E-state index is -0.953. The van der Waals surface area contributed by atoms with Gasteiger partial charge in [0.2, 0.25) is 11.8 Å². The van der Waals surface area contributed by atoms with Crippen LogP contribution in [0.5, 0.6) is 5.75 Å². The highest BCUT2D eigenvalue weighted by Gasteiger charge is 2.56. The molecule has 2 fully saturated rings. The van der Waals surface area contributed by atoms with Crippen LogP contribution < -0.4 is 0 Å². The highest BCUT2D eigenvalue weighted by Crippen LogP contribution is 2.50. The van der Waals surface area contributed by atoms with Crippen LogP contribution in [0.25, 0.3) is 6.08 Å². The number of allylic oxidation sites excluding steroid dienone is 2. The van der Waals surface area contributed by atoms with E-state index in [4.69, 9.17) is 4.65 Å². The number of nitrogens with zero attached hydrogens (tertiary/aromatic N) is 1. The van der Waals surface area contributed by atoms with Gasteiger partial charge in [-0.2, -0.15) is 0 Å². The predicted molar refractivity (Wildman–Crippen MR) is 150 cm³/mol. The lowest BCUT2D eigenvalue weighted by molar-refractivity contribution is -0.140. The molecule has 1 aromatic carbocycles. The third-order valence-corrected chi connectivity index (χ3v) is 9.36. The second-order valence-corrected chi connectivity index (χ2v) is 12.1. The first-order chi connectivity index (χ1) is 18.2. The molecule has 0 unspecified atom stereocenters. The molecule has 2 aliphatic heterocycles. The Kier molecular flexibility index (Phi) is 7.67. The fourth-order valence-electron chi connectivity index (χ4n) is 6.68. The van der Waals surface area contributed by atoms with Gasteiger partial charge in [0.05, 0.1) is 24.5 Å². The fraction of sp³-hybridized carbons (Fsp3) is 0.467. The lowest BCUT2D eigenvalue weighted by Crippen LogP contribution is -2.46. The molecule has 2 saturated heterocycles. The summed E-state index contributed by atoms with van der Waals surface area (Å²) in [6.07, 6.45) is 5.19. The molecule has 3 heterocycles. The molecule has 0 radical (unpaired) electrons. The summed E-state index contributed by atoms with van der Waals surface area (Å²) in [6.45, 7) is 8.33. The molecule has 4 atom stereocenters. The molecule has 0 bridgehead atoms.